The van der Waals surface area contributed by atoms with E-state index in [0.717, 1.165) is 0 Å². The molecule has 0 saturated carbocycles. The molecule has 0 unspecified atom stereocenters. The topological polar surface area (TPSA) is 62.3 Å². The molecule has 0 radical (unpaired) electrons. The van der Waals surface area contributed by atoms with Gasteiger partial charge in [-0.25, -0.2) is 4.98 Å². The normalized spacial score (nSPS) is 18.4. The van der Waals surface area contributed by atoms with Gasteiger partial charge in [-0.1, -0.05) is 0 Å². The first-order chi connectivity index (χ1) is 8.44. The van der Waals surface area contributed by atoms with Crippen LogP contribution in [0.3, 0.4) is 0 Å². The predicted octanol–water partition coefficient (Wildman–Crippen LogP) is 0.999. The molecule has 0 bridgehead atoms. The van der Waals surface area contributed by atoms with E-state index in [1.807, 2.05) is 18.7 Å². The minimum absolute atomic E-state index is 0.0418. The highest BCUT2D eigenvalue weighted by Crippen LogP contribution is 2.27. The average Bonchev–Trinajstić information content (AvgIpc) is 2.32. The molecule has 0 atom stereocenters. The average molecular weight is 247 g/mol. The number of ketones is 1. The number of hydrogen-bond acceptors (Lipinski definition) is 4. The second-order valence-electron chi connectivity index (χ2n) is 4.90. The lowest BCUT2D eigenvalue weighted by Crippen LogP contribution is -2.62. The smallest absolute Gasteiger partial charge is 0.245 e. The van der Waals surface area contributed by atoms with Crippen LogP contribution in [0.2, 0.25) is 0 Å². The fourth-order valence-electron chi connectivity index (χ4n) is 2.16. The Balaban J connectivity index is 2.48. The third-order valence-corrected chi connectivity index (χ3v) is 3.27. The molecule has 2 rings (SSSR count). The van der Waals surface area contributed by atoms with Gasteiger partial charge in [0.15, 0.2) is 5.78 Å². The van der Waals surface area contributed by atoms with Crippen LogP contribution in [0.4, 0.5) is 5.82 Å². The number of nitrogens with one attached hydrogen (secondary N) is 1. The van der Waals surface area contributed by atoms with Crippen molar-refractivity contribution in [1.29, 1.82) is 0 Å². The summed E-state index contributed by atoms with van der Waals surface area (Å²) in [5, 5.41) is 2.83. The number of carbonyl (C=O) groups is 2. The number of hydrogen-bond donors (Lipinski definition) is 1. The van der Waals surface area contributed by atoms with Crippen molar-refractivity contribution in [3.05, 3.63) is 23.9 Å². The van der Waals surface area contributed by atoms with Crippen molar-refractivity contribution in [2.45, 2.75) is 26.3 Å². The van der Waals surface area contributed by atoms with Crippen molar-refractivity contribution >= 4 is 17.5 Å². The Morgan fingerprint density at radius 1 is 1.50 bits per heavy atom. The molecule has 0 aromatic carbocycles. The van der Waals surface area contributed by atoms with Gasteiger partial charge in [0.2, 0.25) is 5.91 Å². The molecule has 5 heteroatoms. The van der Waals surface area contributed by atoms with Crippen LogP contribution in [0.1, 0.15) is 31.1 Å². The van der Waals surface area contributed by atoms with E-state index in [0.29, 0.717) is 24.5 Å². The molecular weight excluding hydrogens is 230 g/mol. The molecule has 1 aromatic heterocycles. The highest BCUT2D eigenvalue weighted by atomic mass is 16.2. The summed E-state index contributed by atoms with van der Waals surface area (Å²) in [6.45, 7) is 6.39. The van der Waals surface area contributed by atoms with Gasteiger partial charge in [0.25, 0.3) is 0 Å². The maximum absolute atomic E-state index is 11.9. The number of pyridine rings is 1. The number of rotatable bonds is 2. The van der Waals surface area contributed by atoms with Crippen LogP contribution in [0.5, 0.6) is 0 Å². The van der Waals surface area contributed by atoms with E-state index in [1.54, 1.807) is 18.3 Å². The summed E-state index contributed by atoms with van der Waals surface area (Å²) in [6, 6.07) is 3.48. The number of nitrogens with zero attached hydrogens (tertiary/aromatic N) is 2. The summed E-state index contributed by atoms with van der Waals surface area (Å²) in [4.78, 5) is 29.7. The van der Waals surface area contributed by atoms with E-state index in [4.69, 9.17) is 0 Å². The maximum atomic E-state index is 11.9. The van der Waals surface area contributed by atoms with Gasteiger partial charge in [-0.2, -0.15) is 0 Å². The number of carbonyl (C=O) groups excluding carboxylic acids is 2. The second-order valence-corrected chi connectivity index (χ2v) is 4.90. The van der Waals surface area contributed by atoms with Crippen molar-refractivity contribution in [1.82, 2.24) is 10.3 Å². The van der Waals surface area contributed by atoms with Crippen molar-refractivity contribution in [2.24, 2.45) is 0 Å². The number of amides is 1. The van der Waals surface area contributed by atoms with Crippen LogP contribution in [0, 0.1) is 0 Å². The lowest BCUT2D eigenvalue weighted by Gasteiger charge is -2.42. The quantitative estimate of drug-likeness (QED) is 0.792. The van der Waals surface area contributed by atoms with Gasteiger partial charge in [-0.15, -0.1) is 0 Å². The third-order valence-electron chi connectivity index (χ3n) is 3.27. The number of aromatic nitrogens is 1. The highest BCUT2D eigenvalue weighted by Gasteiger charge is 2.39. The van der Waals surface area contributed by atoms with Crippen LogP contribution in [0.15, 0.2) is 18.3 Å². The van der Waals surface area contributed by atoms with Crippen LogP contribution < -0.4 is 10.2 Å². The summed E-state index contributed by atoms with van der Waals surface area (Å²) < 4.78 is 0. The molecule has 96 valence electrons. The first kappa shape index (κ1) is 12.5. The Morgan fingerprint density at radius 2 is 2.22 bits per heavy atom. The Bertz CT molecular complexity index is 497. The van der Waals surface area contributed by atoms with Crippen LogP contribution in [0.25, 0.3) is 0 Å². The maximum Gasteiger partial charge on any atom is 0.245 e. The SMILES string of the molecule is CC(=O)c1cccnc1N1CCNC(=O)C1(C)C. The van der Waals surface area contributed by atoms with Crippen molar-refractivity contribution in [3.63, 3.8) is 0 Å². The molecular formula is C13H17N3O2. The van der Waals surface area contributed by atoms with Gasteiger partial charge in [-0.05, 0) is 32.9 Å². The van der Waals surface area contributed by atoms with Gasteiger partial charge in [0.05, 0.1) is 5.56 Å². The summed E-state index contributed by atoms with van der Waals surface area (Å²) in [6.07, 6.45) is 1.64. The minimum atomic E-state index is -0.698. The lowest BCUT2D eigenvalue weighted by atomic mass is 9.97. The molecule has 0 aliphatic carbocycles. The molecule has 1 aliphatic heterocycles. The molecule has 1 fully saturated rings. The summed E-state index contributed by atoms with van der Waals surface area (Å²) in [5.74, 6) is 0.499. The zero-order valence-electron chi connectivity index (χ0n) is 10.9. The monoisotopic (exact) mass is 247 g/mol. The number of anilines is 1. The van der Waals surface area contributed by atoms with Gasteiger partial charge >= 0.3 is 0 Å². The Labute approximate surface area is 106 Å². The second kappa shape index (κ2) is 4.40. The van der Waals surface area contributed by atoms with Crippen LogP contribution in [-0.4, -0.2) is 35.3 Å². The van der Waals surface area contributed by atoms with Crippen molar-refractivity contribution in [3.8, 4) is 0 Å². The largest absolute Gasteiger partial charge is 0.352 e. The first-order valence-electron chi connectivity index (χ1n) is 5.96. The predicted molar refractivity (Wildman–Crippen MR) is 68.7 cm³/mol. The summed E-state index contributed by atoms with van der Waals surface area (Å²) in [7, 11) is 0. The third kappa shape index (κ3) is 1.96. The fraction of sp³-hybridized carbons (Fsp3) is 0.462. The zero-order valence-corrected chi connectivity index (χ0v) is 10.9. The van der Waals surface area contributed by atoms with Crippen LogP contribution >= 0.6 is 0 Å². The fourth-order valence-corrected chi connectivity index (χ4v) is 2.16. The summed E-state index contributed by atoms with van der Waals surface area (Å²) >= 11 is 0. The molecule has 5 nitrogen and oxygen atoms in total. The van der Waals surface area contributed by atoms with E-state index >= 15 is 0 Å². The Hall–Kier alpha value is -1.91. The van der Waals surface area contributed by atoms with Gasteiger partial charge in [0, 0.05) is 19.3 Å². The van der Waals surface area contributed by atoms with E-state index < -0.39 is 5.54 Å². The Morgan fingerprint density at radius 3 is 2.89 bits per heavy atom. The standard InChI is InChI=1S/C13H17N3O2/c1-9(17)10-5-4-6-14-11(10)16-8-7-15-12(18)13(16,2)3/h4-6H,7-8H2,1-3H3,(H,15,18). The van der Waals surface area contributed by atoms with Crippen LogP contribution in [-0.2, 0) is 4.79 Å². The molecule has 2 heterocycles. The number of Topliss-reactive ketones (excluding diaryl/α,β-unsaturated/α-hetero) is 1. The highest BCUT2D eigenvalue weighted by molar-refractivity contribution is 6.00. The van der Waals surface area contributed by atoms with Gasteiger partial charge in [0.1, 0.15) is 11.4 Å². The van der Waals surface area contributed by atoms with Gasteiger partial charge in [-0.3, -0.25) is 9.59 Å². The summed E-state index contributed by atoms with van der Waals surface area (Å²) in [5.41, 5.74) is -0.142. The molecule has 1 aromatic rings. The number of piperazine rings is 1. The van der Waals surface area contributed by atoms with Gasteiger partial charge < -0.3 is 10.2 Å². The lowest BCUT2D eigenvalue weighted by molar-refractivity contribution is -0.126. The first-order valence-corrected chi connectivity index (χ1v) is 5.96. The van der Waals surface area contributed by atoms with E-state index in [1.165, 1.54) is 6.92 Å². The molecule has 1 amide bonds. The molecule has 0 spiro atoms. The van der Waals surface area contributed by atoms with E-state index in [2.05, 4.69) is 10.3 Å². The van der Waals surface area contributed by atoms with E-state index in [-0.39, 0.29) is 11.7 Å². The van der Waals surface area contributed by atoms with E-state index in [9.17, 15) is 9.59 Å². The molecule has 1 N–H and O–H groups in total. The zero-order chi connectivity index (χ0) is 13.3. The minimum Gasteiger partial charge on any atom is -0.352 e. The molecule has 1 saturated heterocycles. The molecule has 1 aliphatic rings. The van der Waals surface area contributed by atoms with Crippen molar-refractivity contribution < 1.29 is 9.59 Å². The molecule has 18 heavy (non-hydrogen) atoms. The Kier molecular flexibility index (Phi) is 3.07. The van der Waals surface area contributed by atoms with Crippen molar-refractivity contribution in [2.75, 3.05) is 18.0 Å².